The van der Waals surface area contributed by atoms with Crippen molar-refractivity contribution in [2.75, 3.05) is 18.4 Å². The van der Waals surface area contributed by atoms with Crippen LogP contribution in [0.2, 0.25) is 0 Å². The molecular formula is C15H19FN2O2. The number of likely N-dealkylation sites (tertiary alicyclic amines) is 1. The highest BCUT2D eigenvalue weighted by molar-refractivity contribution is 6.39. The lowest BCUT2D eigenvalue weighted by atomic mass is 9.92. The van der Waals surface area contributed by atoms with Crippen LogP contribution in [0.3, 0.4) is 0 Å². The molecule has 4 nitrogen and oxygen atoms in total. The molecular weight excluding hydrogens is 259 g/mol. The first-order chi connectivity index (χ1) is 9.45. The molecule has 1 saturated heterocycles. The van der Waals surface area contributed by atoms with Gasteiger partial charge in [-0.05, 0) is 36.5 Å². The summed E-state index contributed by atoms with van der Waals surface area (Å²) in [7, 11) is 0. The maximum Gasteiger partial charge on any atom is 0.313 e. The van der Waals surface area contributed by atoms with Gasteiger partial charge in [-0.1, -0.05) is 19.9 Å². The van der Waals surface area contributed by atoms with Crippen LogP contribution in [0.15, 0.2) is 24.3 Å². The second-order valence-electron chi connectivity index (χ2n) is 5.62. The molecule has 1 aliphatic heterocycles. The van der Waals surface area contributed by atoms with Crippen molar-refractivity contribution in [2.24, 2.45) is 11.8 Å². The molecule has 2 atom stereocenters. The van der Waals surface area contributed by atoms with E-state index in [1.165, 1.54) is 18.2 Å². The van der Waals surface area contributed by atoms with Gasteiger partial charge in [-0.25, -0.2) is 4.39 Å². The second kappa shape index (κ2) is 6.03. The summed E-state index contributed by atoms with van der Waals surface area (Å²) in [5.74, 6) is -0.922. The Labute approximate surface area is 118 Å². The molecule has 0 bridgehead atoms. The Morgan fingerprint density at radius 1 is 1.25 bits per heavy atom. The summed E-state index contributed by atoms with van der Waals surface area (Å²) >= 11 is 0. The molecule has 20 heavy (non-hydrogen) atoms. The summed E-state index contributed by atoms with van der Waals surface area (Å²) in [5, 5.41) is 2.44. The van der Waals surface area contributed by atoms with E-state index in [0.29, 0.717) is 30.6 Å². The predicted octanol–water partition coefficient (Wildman–Crippen LogP) is 2.27. The number of rotatable bonds is 1. The topological polar surface area (TPSA) is 49.4 Å². The zero-order chi connectivity index (χ0) is 14.7. The third kappa shape index (κ3) is 3.56. The molecule has 2 unspecified atom stereocenters. The molecule has 2 rings (SSSR count). The zero-order valence-electron chi connectivity index (χ0n) is 11.7. The molecule has 0 aromatic heterocycles. The van der Waals surface area contributed by atoms with Crippen LogP contribution >= 0.6 is 0 Å². The second-order valence-corrected chi connectivity index (χ2v) is 5.62. The van der Waals surface area contributed by atoms with E-state index < -0.39 is 17.6 Å². The number of anilines is 1. The lowest BCUT2D eigenvalue weighted by Gasteiger charge is -2.34. The van der Waals surface area contributed by atoms with Crippen molar-refractivity contribution < 1.29 is 14.0 Å². The van der Waals surface area contributed by atoms with E-state index in [0.717, 1.165) is 6.42 Å². The first kappa shape index (κ1) is 14.5. The maximum absolute atomic E-state index is 13.0. The molecule has 5 heteroatoms. The highest BCUT2D eigenvalue weighted by atomic mass is 19.1. The van der Waals surface area contributed by atoms with E-state index in [1.807, 2.05) is 0 Å². The summed E-state index contributed by atoms with van der Waals surface area (Å²) in [4.78, 5) is 25.6. The van der Waals surface area contributed by atoms with E-state index in [2.05, 4.69) is 19.2 Å². The molecule has 0 aliphatic carbocycles. The van der Waals surface area contributed by atoms with Crippen molar-refractivity contribution in [2.45, 2.75) is 20.3 Å². The summed E-state index contributed by atoms with van der Waals surface area (Å²) in [6, 6.07) is 5.51. The Morgan fingerprint density at radius 2 is 1.90 bits per heavy atom. The predicted molar refractivity (Wildman–Crippen MR) is 74.6 cm³/mol. The van der Waals surface area contributed by atoms with Gasteiger partial charge in [0.2, 0.25) is 0 Å². The zero-order valence-corrected chi connectivity index (χ0v) is 11.7. The van der Waals surface area contributed by atoms with Crippen LogP contribution in [0.4, 0.5) is 10.1 Å². The van der Waals surface area contributed by atoms with Gasteiger partial charge in [0, 0.05) is 18.8 Å². The van der Waals surface area contributed by atoms with Crippen molar-refractivity contribution in [3.63, 3.8) is 0 Å². The molecule has 1 heterocycles. The summed E-state index contributed by atoms with van der Waals surface area (Å²) in [5.41, 5.74) is 0.293. The molecule has 2 amide bonds. The number of hydrogen-bond acceptors (Lipinski definition) is 2. The molecule has 0 spiro atoms. The number of nitrogens with one attached hydrogen (secondary N) is 1. The smallest absolute Gasteiger partial charge is 0.313 e. The normalized spacial score (nSPS) is 22.4. The molecule has 1 aromatic rings. The minimum Gasteiger partial charge on any atom is -0.334 e. The number of halogens is 1. The van der Waals surface area contributed by atoms with Crippen LogP contribution in [0, 0.1) is 17.7 Å². The van der Waals surface area contributed by atoms with Crippen molar-refractivity contribution >= 4 is 17.5 Å². The van der Waals surface area contributed by atoms with Crippen LogP contribution in [0.1, 0.15) is 20.3 Å². The van der Waals surface area contributed by atoms with Gasteiger partial charge >= 0.3 is 11.8 Å². The van der Waals surface area contributed by atoms with Gasteiger partial charge in [0.1, 0.15) is 5.82 Å². The fraction of sp³-hybridized carbons (Fsp3) is 0.467. The Bertz CT molecular complexity index is 508. The fourth-order valence-electron chi connectivity index (χ4n) is 2.72. The summed E-state index contributed by atoms with van der Waals surface area (Å²) in [6.45, 7) is 5.33. The highest BCUT2D eigenvalue weighted by Crippen LogP contribution is 2.21. The lowest BCUT2D eigenvalue weighted by molar-refractivity contribution is -0.144. The van der Waals surface area contributed by atoms with Crippen LogP contribution in [-0.4, -0.2) is 29.8 Å². The summed E-state index contributed by atoms with van der Waals surface area (Å²) < 4.78 is 13.0. The van der Waals surface area contributed by atoms with Gasteiger partial charge in [-0.15, -0.1) is 0 Å². The first-order valence-electron chi connectivity index (χ1n) is 6.81. The third-order valence-electron chi connectivity index (χ3n) is 3.43. The lowest BCUT2D eigenvalue weighted by Crippen LogP contribution is -2.47. The number of hydrogen-bond donors (Lipinski definition) is 1. The molecule has 0 saturated carbocycles. The van der Waals surface area contributed by atoms with Crippen molar-refractivity contribution in [1.82, 2.24) is 4.90 Å². The van der Waals surface area contributed by atoms with Crippen molar-refractivity contribution in [3.8, 4) is 0 Å². The highest BCUT2D eigenvalue weighted by Gasteiger charge is 2.29. The molecule has 108 valence electrons. The Kier molecular flexibility index (Phi) is 4.37. The van der Waals surface area contributed by atoms with Crippen LogP contribution in [-0.2, 0) is 9.59 Å². The number of carbonyl (C=O) groups excluding carboxylic acids is 2. The van der Waals surface area contributed by atoms with E-state index in [9.17, 15) is 14.0 Å². The number of nitrogens with zero attached hydrogens (tertiary/aromatic N) is 1. The monoisotopic (exact) mass is 278 g/mol. The van der Waals surface area contributed by atoms with Gasteiger partial charge in [-0.3, -0.25) is 9.59 Å². The summed E-state index contributed by atoms with van der Waals surface area (Å²) in [6.07, 6.45) is 1.06. The van der Waals surface area contributed by atoms with Gasteiger partial charge in [0.25, 0.3) is 0 Å². The van der Waals surface area contributed by atoms with Gasteiger partial charge < -0.3 is 10.2 Å². The van der Waals surface area contributed by atoms with Crippen molar-refractivity contribution in [3.05, 3.63) is 30.1 Å². The number of carbonyl (C=O) groups is 2. The Hall–Kier alpha value is -1.91. The van der Waals surface area contributed by atoms with Crippen molar-refractivity contribution in [1.29, 1.82) is 0 Å². The molecule has 1 N–H and O–H groups in total. The molecule has 1 aliphatic rings. The van der Waals surface area contributed by atoms with Crippen LogP contribution in [0.25, 0.3) is 0 Å². The number of benzene rings is 1. The minimum absolute atomic E-state index is 0.293. The van der Waals surface area contributed by atoms with Gasteiger partial charge in [0.05, 0.1) is 0 Å². The minimum atomic E-state index is -0.711. The van der Waals surface area contributed by atoms with E-state index >= 15 is 0 Å². The molecule has 0 radical (unpaired) electrons. The SMILES string of the molecule is CC1CC(C)CN(C(=O)C(=O)Nc2cccc(F)c2)C1. The van der Waals surface area contributed by atoms with E-state index in [4.69, 9.17) is 0 Å². The quantitative estimate of drug-likeness (QED) is 0.801. The molecule has 1 fully saturated rings. The van der Waals surface area contributed by atoms with E-state index in [1.54, 1.807) is 11.0 Å². The van der Waals surface area contributed by atoms with Gasteiger partial charge in [-0.2, -0.15) is 0 Å². The van der Waals surface area contributed by atoms with E-state index in [-0.39, 0.29) is 0 Å². The molecule has 1 aromatic carbocycles. The number of amides is 2. The maximum atomic E-state index is 13.0. The van der Waals surface area contributed by atoms with Gasteiger partial charge in [0.15, 0.2) is 0 Å². The third-order valence-corrected chi connectivity index (χ3v) is 3.43. The Balaban J connectivity index is 2.00. The Morgan fingerprint density at radius 3 is 2.50 bits per heavy atom. The largest absolute Gasteiger partial charge is 0.334 e. The average molecular weight is 278 g/mol. The van der Waals surface area contributed by atoms with Crippen LogP contribution in [0.5, 0.6) is 0 Å². The van der Waals surface area contributed by atoms with Crippen LogP contribution < -0.4 is 5.32 Å². The average Bonchev–Trinajstić information content (AvgIpc) is 2.36. The first-order valence-corrected chi connectivity index (χ1v) is 6.81. The number of piperidine rings is 1. The standard InChI is InChI=1S/C15H19FN2O2/c1-10-6-11(2)9-18(8-10)15(20)14(19)17-13-5-3-4-12(16)7-13/h3-5,7,10-11H,6,8-9H2,1-2H3,(H,17,19). The fourth-order valence-corrected chi connectivity index (χ4v) is 2.72.